The van der Waals surface area contributed by atoms with Crippen LogP contribution in [-0.4, -0.2) is 30.3 Å². The van der Waals surface area contributed by atoms with Crippen molar-refractivity contribution < 1.29 is 0 Å². The number of hydrogen-bond acceptors (Lipinski definition) is 2. The number of thiol groups is 1. The van der Waals surface area contributed by atoms with Crippen LogP contribution in [0.5, 0.6) is 0 Å². The third kappa shape index (κ3) is 4.79. The van der Waals surface area contributed by atoms with E-state index < -0.39 is 0 Å². The van der Waals surface area contributed by atoms with E-state index in [4.69, 9.17) is 0 Å². The van der Waals surface area contributed by atoms with Gasteiger partial charge in [-0.3, -0.25) is 0 Å². The highest BCUT2D eigenvalue weighted by Crippen LogP contribution is 1.95. The fourth-order valence-corrected chi connectivity index (χ4v) is 0.720. The molecular weight excluding hydrogens is 130 g/mol. The molecule has 0 saturated carbocycles. The second-order valence-corrected chi connectivity index (χ2v) is 3.10. The van der Waals surface area contributed by atoms with Crippen molar-refractivity contribution in [2.45, 2.75) is 26.3 Å². The SMILES string of the molecule is CC(C)N(C)CCCS. The summed E-state index contributed by atoms with van der Waals surface area (Å²) in [6.07, 6.45) is 1.19. The standard InChI is InChI=1S/C7H17NS/c1-7(2)8(3)5-4-6-9/h7,9H,4-6H2,1-3H3. The predicted octanol–water partition coefficient (Wildman–Crippen LogP) is 1.65. The molecule has 0 aromatic rings. The van der Waals surface area contributed by atoms with E-state index in [2.05, 4.69) is 38.4 Å². The summed E-state index contributed by atoms with van der Waals surface area (Å²) in [4.78, 5) is 2.33. The summed E-state index contributed by atoms with van der Waals surface area (Å²) in [5.41, 5.74) is 0. The lowest BCUT2D eigenvalue weighted by atomic mass is 10.3. The maximum atomic E-state index is 4.14. The van der Waals surface area contributed by atoms with Gasteiger partial charge in [0, 0.05) is 6.04 Å². The van der Waals surface area contributed by atoms with Crippen molar-refractivity contribution in [3.8, 4) is 0 Å². The molecule has 0 aliphatic heterocycles. The van der Waals surface area contributed by atoms with Gasteiger partial charge in [-0.1, -0.05) is 0 Å². The van der Waals surface area contributed by atoms with Crippen LogP contribution in [0, 0.1) is 0 Å². The summed E-state index contributed by atoms with van der Waals surface area (Å²) in [5, 5.41) is 0. The summed E-state index contributed by atoms with van der Waals surface area (Å²) in [7, 11) is 2.15. The fourth-order valence-electron chi connectivity index (χ4n) is 0.578. The Labute approximate surface area is 63.8 Å². The second kappa shape index (κ2) is 5.12. The van der Waals surface area contributed by atoms with Crippen molar-refractivity contribution in [2.24, 2.45) is 0 Å². The average molecular weight is 147 g/mol. The van der Waals surface area contributed by atoms with Crippen LogP contribution in [0.1, 0.15) is 20.3 Å². The molecule has 0 saturated heterocycles. The molecule has 0 amide bonds. The van der Waals surface area contributed by atoms with E-state index in [-0.39, 0.29) is 0 Å². The quantitative estimate of drug-likeness (QED) is 0.592. The Balaban J connectivity index is 3.16. The van der Waals surface area contributed by atoms with Crippen molar-refractivity contribution in [3.63, 3.8) is 0 Å². The lowest BCUT2D eigenvalue weighted by Crippen LogP contribution is -2.27. The molecule has 2 heteroatoms. The maximum absolute atomic E-state index is 4.14. The summed E-state index contributed by atoms with van der Waals surface area (Å²) in [5.74, 6) is 0.997. The minimum atomic E-state index is 0.671. The Hall–Kier alpha value is 0.310. The lowest BCUT2D eigenvalue weighted by Gasteiger charge is -2.19. The highest BCUT2D eigenvalue weighted by molar-refractivity contribution is 7.80. The van der Waals surface area contributed by atoms with Gasteiger partial charge in [0.1, 0.15) is 0 Å². The summed E-state index contributed by atoms with van der Waals surface area (Å²) in [6.45, 7) is 5.58. The van der Waals surface area contributed by atoms with E-state index in [0.717, 1.165) is 5.75 Å². The Bertz CT molecular complexity index is 63.9. The topological polar surface area (TPSA) is 3.24 Å². The second-order valence-electron chi connectivity index (χ2n) is 2.65. The van der Waals surface area contributed by atoms with Crippen LogP contribution in [0.3, 0.4) is 0 Å². The number of hydrogen-bond donors (Lipinski definition) is 1. The average Bonchev–Trinajstić information content (AvgIpc) is 1.82. The molecule has 9 heavy (non-hydrogen) atoms. The van der Waals surface area contributed by atoms with Gasteiger partial charge in [0.25, 0.3) is 0 Å². The normalized spacial score (nSPS) is 11.3. The van der Waals surface area contributed by atoms with Crippen molar-refractivity contribution in [2.75, 3.05) is 19.3 Å². The lowest BCUT2D eigenvalue weighted by molar-refractivity contribution is 0.275. The minimum Gasteiger partial charge on any atom is -0.304 e. The fraction of sp³-hybridized carbons (Fsp3) is 1.00. The van der Waals surface area contributed by atoms with E-state index in [0.29, 0.717) is 6.04 Å². The molecule has 0 fully saturated rings. The van der Waals surface area contributed by atoms with Gasteiger partial charge in [-0.25, -0.2) is 0 Å². The first-order valence-electron chi connectivity index (χ1n) is 3.49. The van der Waals surface area contributed by atoms with Gasteiger partial charge in [-0.15, -0.1) is 0 Å². The molecule has 0 N–H and O–H groups in total. The minimum absolute atomic E-state index is 0.671. The highest BCUT2D eigenvalue weighted by Gasteiger charge is 1.99. The molecule has 0 aliphatic rings. The first-order chi connectivity index (χ1) is 4.18. The molecule has 0 bridgehead atoms. The maximum Gasteiger partial charge on any atom is 0.00355 e. The van der Waals surface area contributed by atoms with E-state index in [1.54, 1.807) is 0 Å². The van der Waals surface area contributed by atoms with Crippen molar-refractivity contribution in [1.29, 1.82) is 0 Å². The molecule has 0 aliphatic carbocycles. The summed E-state index contributed by atoms with van der Waals surface area (Å²) in [6, 6.07) is 0.671. The third-order valence-electron chi connectivity index (χ3n) is 1.55. The van der Waals surface area contributed by atoms with Crippen LogP contribution in [0.4, 0.5) is 0 Å². The van der Waals surface area contributed by atoms with Gasteiger partial charge >= 0.3 is 0 Å². The number of rotatable bonds is 4. The van der Waals surface area contributed by atoms with E-state index in [9.17, 15) is 0 Å². The molecule has 1 nitrogen and oxygen atoms in total. The molecule has 0 heterocycles. The van der Waals surface area contributed by atoms with E-state index in [1.807, 2.05) is 0 Å². The molecule has 0 aromatic carbocycles. The van der Waals surface area contributed by atoms with Gasteiger partial charge in [0.2, 0.25) is 0 Å². The first kappa shape index (κ1) is 9.31. The Kier molecular flexibility index (Phi) is 5.30. The van der Waals surface area contributed by atoms with Crippen LogP contribution in [0.2, 0.25) is 0 Å². The summed E-state index contributed by atoms with van der Waals surface area (Å²) < 4.78 is 0. The van der Waals surface area contributed by atoms with Crippen LogP contribution in [-0.2, 0) is 0 Å². The molecule has 0 atom stereocenters. The zero-order valence-corrected chi connectivity index (χ0v) is 7.49. The Morgan fingerprint density at radius 1 is 1.44 bits per heavy atom. The molecule has 0 spiro atoms. The van der Waals surface area contributed by atoms with Crippen LogP contribution >= 0.6 is 12.6 Å². The van der Waals surface area contributed by atoms with Crippen LogP contribution < -0.4 is 0 Å². The van der Waals surface area contributed by atoms with E-state index >= 15 is 0 Å². The number of nitrogens with zero attached hydrogens (tertiary/aromatic N) is 1. The molecule has 0 rings (SSSR count). The first-order valence-corrected chi connectivity index (χ1v) is 4.13. The molecule has 56 valence electrons. The van der Waals surface area contributed by atoms with Crippen LogP contribution in [0.25, 0.3) is 0 Å². The molecule has 0 unspecified atom stereocenters. The zero-order chi connectivity index (χ0) is 7.28. The van der Waals surface area contributed by atoms with E-state index in [1.165, 1.54) is 13.0 Å². The van der Waals surface area contributed by atoms with Crippen molar-refractivity contribution in [1.82, 2.24) is 4.90 Å². The largest absolute Gasteiger partial charge is 0.304 e. The van der Waals surface area contributed by atoms with Crippen molar-refractivity contribution in [3.05, 3.63) is 0 Å². The molecule has 0 aromatic heterocycles. The van der Waals surface area contributed by atoms with Crippen LogP contribution in [0.15, 0.2) is 0 Å². The highest BCUT2D eigenvalue weighted by atomic mass is 32.1. The van der Waals surface area contributed by atoms with Gasteiger partial charge in [-0.05, 0) is 39.6 Å². The third-order valence-corrected chi connectivity index (χ3v) is 1.87. The monoisotopic (exact) mass is 147 g/mol. The zero-order valence-electron chi connectivity index (χ0n) is 6.59. The Morgan fingerprint density at radius 3 is 2.33 bits per heavy atom. The molecule has 0 radical (unpaired) electrons. The van der Waals surface area contributed by atoms with Gasteiger partial charge in [0.05, 0.1) is 0 Å². The van der Waals surface area contributed by atoms with Gasteiger partial charge in [0.15, 0.2) is 0 Å². The van der Waals surface area contributed by atoms with Crippen molar-refractivity contribution >= 4 is 12.6 Å². The summed E-state index contributed by atoms with van der Waals surface area (Å²) >= 11 is 4.14. The van der Waals surface area contributed by atoms with Gasteiger partial charge < -0.3 is 4.90 Å². The Morgan fingerprint density at radius 2 is 2.00 bits per heavy atom. The smallest absolute Gasteiger partial charge is 0.00355 e. The molecular formula is C7H17NS. The predicted molar refractivity (Wildman–Crippen MR) is 46.2 cm³/mol. The van der Waals surface area contributed by atoms with Gasteiger partial charge in [-0.2, -0.15) is 12.6 Å².